The van der Waals surface area contributed by atoms with E-state index in [9.17, 15) is 9.18 Å². The number of aromatic nitrogens is 3. The Balaban J connectivity index is 1.66. The van der Waals surface area contributed by atoms with E-state index in [0.717, 1.165) is 17.1 Å². The van der Waals surface area contributed by atoms with E-state index < -0.39 is 0 Å². The van der Waals surface area contributed by atoms with Gasteiger partial charge in [0.25, 0.3) is 5.91 Å². The van der Waals surface area contributed by atoms with Crippen molar-refractivity contribution in [1.82, 2.24) is 14.8 Å². The number of carbonyl (C=O) groups is 1. The zero-order valence-corrected chi connectivity index (χ0v) is 13.3. The van der Waals surface area contributed by atoms with Gasteiger partial charge in [-0.05, 0) is 24.6 Å². The Morgan fingerprint density at radius 2 is 2.09 bits per heavy atom. The summed E-state index contributed by atoms with van der Waals surface area (Å²) < 4.78 is 14.6. The molecule has 0 fully saturated rings. The molecule has 5 nitrogen and oxygen atoms in total. The smallest absolute Gasteiger partial charge is 0.267 e. The lowest BCUT2D eigenvalue weighted by molar-refractivity contribution is 0.103. The zero-order valence-electron chi connectivity index (χ0n) is 12.5. The number of aryl methyl sites for hydroxylation is 1. The number of nitrogens with one attached hydrogen (secondary N) is 1. The van der Waals surface area contributed by atoms with Crippen LogP contribution in [0.4, 0.5) is 10.1 Å². The number of halogens is 1. The Morgan fingerprint density at radius 1 is 1.30 bits per heavy atom. The number of rotatable bonds is 5. The van der Waals surface area contributed by atoms with Gasteiger partial charge < -0.3 is 5.32 Å². The van der Waals surface area contributed by atoms with Crippen molar-refractivity contribution in [2.24, 2.45) is 0 Å². The Kier molecular flexibility index (Phi) is 4.47. The Hall–Kier alpha value is -2.54. The van der Waals surface area contributed by atoms with Crippen LogP contribution in [0.3, 0.4) is 0 Å². The van der Waals surface area contributed by atoms with Crippen LogP contribution in [0.5, 0.6) is 0 Å². The summed E-state index contributed by atoms with van der Waals surface area (Å²) in [6.07, 6.45) is 5.52. The molecule has 0 saturated carbocycles. The number of amides is 1. The van der Waals surface area contributed by atoms with Crippen LogP contribution in [0.25, 0.3) is 0 Å². The normalized spacial score (nSPS) is 10.7. The summed E-state index contributed by atoms with van der Waals surface area (Å²) in [5.74, 6) is -0.468. The molecule has 7 heteroatoms. The van der Waals surface area contributed by atoms with Crippen molar-refractivity contribution >= 4 is 22.9 Å². The molecule has 0 atom stereocenters. The zero-order chi connectivity index (χ0) is 16.2. The number of hydrogen-bond acceptors (Lipinski definition) is 4. The standard InChI is InChI=1S/C16H15FN4OS/c1-2-21-10-13(8-19-21)20-16(22)14-9-18-15(23-14)7-11-3-5-12(17)6-4-11/h3-6,8-10H,2,7H2,1H3,(H,20,22). The molecule has 0 radical (unpaired) electrons. The fourth-order valence-electron chi connectivity index (χ4n) is 2.07. The van der Waals surface area contributed by atoms with E-state index in [1.165, 1.54) is 23.5 Å². The van der Waals surface area contributed by atoms with E-state index in [-0.39, 0.29) is 11.7 Å². The Bertz CT molecular complexity index is 810. The van der Waals surface area contributed by atoms with E-state index >= 15 is 0 Å². The molecule has 3 rings (SSSR count). The number of hydrogen-bond donors (Lipinski definition) is 1. The van der Waals surface area contributed by atoms with Gasteiger partial charge in [0.1, 0.15) is 10.7 Å². The summed E-state index contributed by atoms with van der Waals surface area (Å²) in [6.45, 7) is 2.72. The highest BCUT2D eigenvalue weighted by atomic mass is 32.1. The molecule has 0 saturated heterocycles. The van der Waals surface area contributed by atoms with Crippen LogP contribution in [0.1, 0.15) is 27.2 Å². The van der Waals surface area contributed by atoms with Gasteiger partial charge in [-0.3, -0.25) is 9.48 Å². The molecule has 3 aromatic rings. The molecule has 2 heterocycles. The second-order valence-electron chi connectivity index (χ2n) is 4.96. The molecular formula is C16H15FN4OS. The average Bonchev–Trinajstić information content (AvgIpc) is 3.19. The number of thiazole rings is 1. The number of anilines is 1. The van der Waals surface area contributed by atoms with Crippen LogP contribution >= 0.6 is 11.3 Å². The minimum atomic E-state index is -0.263. The molecule has 118 valence electrons. The van der Waals surface area contributed by atoms with Gasteiger partial charge in [-0.15, -0.1) is 11.3 Å². The van der Waals surface area contributed by atoms with E-state index in [2.05, 4.69) is 15.4 Å². The maximum absolute atomic E-state index is 12.9. The average molecular weight is 330 g/mol. The van der Waals surface area contributed by atoms with Crippen molar-refractivity contribution in [1.29, 1.82) is 0 Å². The van der Waals surface area contributed by atoms with Gasteiger partial charge in [-0.2, -0.15) is 5.10 Å². The monoisotopic (exact) mass is 330 g/mol. The highest BCUT2D eigenvalue weighted by molar-refractivity contribution is 7.13. The molecular weight excluding hydrogens is 315 g/mol. The van der Waals surface area contributed by atoms with Crippen LogP contribution in [0.15, 0.2) is 42.9 Å². The van der Waals surface area contributed by atoms with E-state index in [1.807, 2.05) is 6.92 Å². The first-order chi connectivity index (χ1) is 11.1. The summed E-state index contributed by atoms with van der Waals surface area (Å²) >= 11 is 1.33. The largest absolute Gasteiger partial charge is 0.319 e. The fourth-order valence-corrected chi connectivity index (χ4v) is 2.91. The van der Waals surface area contributed by atoms with Crippen molar-refractivity contribution in [3.05, 3.63) is 64.1 Å². The second-order valence-corrected chi connectivity index (χ2v) is 6.08. The molecule has 23 heavy (non-hydrogen) atoms. The summed E-state index contributed by atoms with van der Waals surface area (Å²) in [4.78, 5) is 17.0. The van der Waals surface area contributed by atoms with Gasteiger partial charge in [0.15, 0.2) is 0 Å². The first-order valence-corrected chi connectivity index (χ1v) is 7.98. The van der Waals surface area contributed by atoms with E-state index in [4.69, 9.17) is 0 Å². The van der Waals surface area contributed by atoms with Crippen LogP contribution in [-0.2, 0) is 13.0 Å². The molecule has 0 spiro atoms. The second kappa shape index (κ2) is 6.70. The topological polar surface area (TPSA) is 59.8 Å². The Labute approximate surface area is 136 Å². The quantitative estimate of drug-likeness (QED) is 0.780. The molecule has 2 aromatic heterocycles. The van der Waals surface area contributed by atoms with Gasteiger partial charge >= 0.3 is 0 Å². The molecule has 1 amide bonds. The number of nitrogens with zero attached hydrogens (tertiary/aromatic N) is 3. The fraction of sp³-hybridized carbons (Fsp3) is 0.188. The predicted octanol–water partition coefficient (Wildman–Crippen LogP) is 3.34. The first-order valence-electron chi connectivity index (χ1n) is 7.17. The van der Waals surface area contributed by atoms with Crippen molar-refractivity contribution in [2.75, 3.05) is 5.32 Å². The van der Waals surface area contributed by atoms with Crippen LogP contribution in [-0.4, -0.2) is 20.7 Å². The highest BCUT2D eigenvalue weighted by Crippen LogP contribution is 2.18. The highest BCUT2D eigenvalue weighted by Gasteiger charge is 2.12. The van der Waals surface area contributed by atoms with E-state index in [0.29, 0.717) is 17.0 Å². The van der Waals surface area contributed by atoms with Crippen molar-refractivity contribution < 1.29 is 9.18 Å². The van der Waals surface area contributed by atoms with Gasteiger partial charge in [0, 0.05) is 19.2 Å². The maximum atomic E-state index is 12.9. The van der Waals surface area contributed by atoms with Crippen LogP contribution < -0.4 is 5.32 Å². The number of benzene rings is 1. The predicted molar refractivity (Wildman–Crippen MR) is 87.2 cm³/mol. The van der Waals surface area contributed by atoms with Gasteiger partial charge in [-0.1, -0.05) is 12.1 Å². The van der Waals surface area contributed by atoms with Crippen LogP contribution in [0.2, 0.25) is 0 Å². The maximum Gasteiger partial charge on any atom is 0.267 e. The summed E-state index contributed by atoms with van der Waals surface area (Å²) in [5, 5.41) is 7.72. The molecule has 0 unspecified atom stereocenters. The molecule has 1 aromatic carbocycles. The lowest BCUT2D eigenvalue weighted by atomic mass is 10.2. The molecule has 1 N–H and O–H groups in total. The SMILES string of the molecule is CCn1cc(NC(=O)c2cnc(Cc3ccc(F)cc3)s2)cn1. The minimum absolute atomic E-state index is 0.205. The minimum Gasteiger partial charge on any atom is -0.319 e. The summed E-state index contributed by atoms with van der Waals surface area (Å²) in [5.41, 5.74) is 1.61. The molecule has 0 aliphatic rings. The third-order valence-corrected chi connectivity index (χ3v) is 4.26. The number of carbonyl (C=O) groups excluding carboxylic acids is 1. The van der Waals surface area contributed by atoms with Gasteiger partial charge in [-0.25, -0.2) is 9.37 Å². The lowest BCUT2D eigenvalue weighted by Gasteiger charge is -1.99. The third-order valence-electron chi connectivity index (χ3n) is 3.26. The summed E-state index contributed by atoms with van der Waals surface area (Å²) in [6, 6.07) is 6.27. The third kappa shape index (κ3) is 3.81. The van der Waals surface area contributed by atoms with E-state index in [1.54, 1.807) is 35.4 Å². The lowest BCUT2D eigenvalue weighted by Crippen LogP contribution is -2.09. The van der Waals surface area contributed by atoms with Crippen LogP contribution in [0, 0.1) is 5.82 Å². The molecule has 0 aliphatic carbocycles. The first kappa shape index (κ1) is 15.4. The summed E-state index contributed by atoms with van der Waals surface area (Å²) in [7, 11) is 0. The molecule has 0 aliphatic heterocycles. The Morgan fingerprint density at radius 3 is 2.78 bits per heavy atom. The van der Waals surface area contributed by atoms with Gasteiger partial charge in [0.2, 0.25) is 0 Å². The van der Waals surface area contributed by atoms with Crippen molar-refractivity contribution in [3.8, 4) is 0 Å². The van der Waals surface area contributed by atoms with Crippen molar-refractivity contribution in [2.45, 2.75) is 19.9 Å². The van der Waals surface area contributed by atoms with Gasteiger partial charge in [0.05, 0.1) is 23.1 Å². The molecule has 0 bridgehead atoms. The van der Waals surface area contributed by atoms with Crippen molar-refractivity contribution in [3.63, 3.8) is 0 Å².